The molecule has 7 heteroatoms. The van der Waals surface area contributed by atoms with E-state index in [1.165, 1.54) is 4.90 Å². The average molecular weight is 400 g/mol. The molecule has 27 heavy (non-hydrogen) atoms. The van der Waals surface area contributed by atoms with Gasteiger partial charge in [-0.15, -0.1) is 33.3 Å². The molecular weight excluding hydrogens is 378 g/mol. The van der Waals surface area contributed by atoms with Gasteiger partial charge in [0.15, 0.2) is 0 Å². The van der Waals surface area contributed by atoms with Gasteiger partial charge in [-0.1, -0.05) is 25.1 Å². The first-order chi connectivity index (χ1) is 13.2. The predicted molar refractivity (Wildman–Crippen MR) is 111 cm³/mol. The summed E-state index contributed by atoms with van der Waals surface area (Å²) in [5.74, 6) is 0.868. The molecule has 0 bridgehead atoms. The third kappa shape index (κ3) is 5.30. The summed E-state index contributed by atoms with van der Waals surface area (Å²) in [6.07, 6.45) is 6.33. The number of benzene rings is 1. The van der Waals surface area contributed by atoms with Crippen molar-refractivity contribution in [2.24, 2.45) is 0 Å². The van der Waals surface area contributed by atoms with Gasteiger partial charge in [0.05, 0.1) is 11.4 Å². The number of thioether (sulfide) groups is 1. The predicted octanol–water partition coefficient (Wildman–Crippen LogP) is 4.97. The van der Waals surface area contributed by atoms with Crippen molar-refractivity contribution >= 4 is 35.1 Å². The normalized spacial score (nSPS) is 11.2. The first-order valence-corrected chi connectivity index (χ1v) is 10.8. The van der Waals surface area contributed by atoms with E-state index in [0.29, 0.717) is 24.9 Å². The molecule has 0 atom stereocenters. The van der Waals surface area contributed by atoms with Gasteiger partial charge in [-0.25, -0.2) is 0 Å². The third-order valence-electron chi connectivity index (χ3n) is 3.86. The lowest BCUT2D eigenvalue weighted by Crippen LogP contribution is -2.29. The fourth-order valence-corrected chi connectivity index (χ4v) is 3.56. The largest absolute Gasteiger partial charge is 0.418 e. The van der Waals surface area contributed by atoms with Crippen molar-refractivity contribution in [1.29, 1.82) is 0 Å². The molecule has 0 radical (unpaired) electrons. The van der Waals surface area contributed by atoms with E-state index < -0.39 is 0 Å². The van der Waals surface area contributed by atoms with Gasteiger partial charge < -0.3 is 9.32 Å². The Bertz CT molecular complexity index is 886. The zero-order valence-electron chi connectivity index (χ0n) is 15.3. The van der Waals surface area contributed by atoms with Gasteiger partial charge in [0, 0.05) is 17.5 Å². The lowest BCUT2D eigenvalue weighted by atomic mass is 10.2. The van der Waals surface area contributed by atoms with Crippen molar-refractivity contribution in [3.05, 3.63) is 59.3 Å². The molecule has 1 amide bonds. The second-order valence-electron chi connectivity index (χ2n) is 5.84. The monoisotopic (exact) mass is 399 g/mol. The highest BCUT2D eigenvalue weighted by Crippen LogP contribution is 2.23. The molecule has 0 N–H and O–H groups in total. The van der Waals surface area contributed by atoms with E-state index in [0.717, 1.165) is 16.9 Å². The number of aromatic nitrogens is 2. The second-order valence-corrected chi connectivity index (χ2v) is 7.67. The van der Waals surface area contributed by atoms with Crippen LogP contribution in [-0.4, -0.2) is 33.8 Å². The summed E-state index contributed by atoms with van der Waals surface area (Å²) in [6, 6.07) is 12.0. The number of amides is 1. The van der Waals surface area contributed by atoms with Gasteiger partial charge in [0.25, 0.3) is 5.89 Å². The van der Waals surface area contributed by atoms with Gasteiger partial charge in [-0.3, -0.25) is 4.79 Å². The summed E-state index contributed by atoms with van der Waals surface area (Å²) in [7, 11) is 0. The molecule has 0 aliphatic carbocycles. The molecular formula is C20H21N3O2S2. The van der Waals surface area contributed by atoms with Crippen LogP contribution >= 0.6 is 23.1 Å². The number of hydrogen-bond donors (Lipinski definition) is 0. The van der Waals surface area contributed by atoms with Gasteiger partial charge >= 0.3 is 0 Å². The van der Waals surface area contributed by atoms with Crippen LogP contribution in [-0.2, 0) is 11.3 Å². The number of hydrogen-bond acceptors (Lipinski definition) is 6. The highest BCUT2D eigenvalue weighted by atomic mass is 32.2. The number of thiophene rings is 1. The van der Waals surface area contributed by atoms with Crippen LogP contribution in [0.3, 0.4) is 0 Å². The molecule has 0 saturated heterocycles. The minimum atomic E-state index is -0.0679. The molecule has 5 nitrogen and oxygen atoms in total. The Labute approximate surface area is 167 Å². The number of carbonyl (C=O) groups is 1. The summed E-state index contributed by atoms with van der Waals surface area (Å²) in [5, 5.41) is 10.1. The van der Waals surface area contributed by atoms with Crippen molar-refractivity contribution in [2.75, 3.05) is 12.8 Å². The van der Waals surface area contributed by atoms with E-state index in [4.69, 9.17) is 4.42 Å². The maximum absolute atomic E-state index is 12.6. The molecule has 0 aliphatic heterocycles. The van der Waals surface area contributed by atoms with E-state index in [1.807, 2.05) is 61.0 Å². The first-order valence-electron chi connectivity index (χ1n) is 8.67. The Kier molecular flexibility index (Phi) is 6.84. The molecule has 0 fully saturated rings. The molecule has 2 heterocycles. The number of nitrogens with zero attached hydrogens (tertiary/aromatic N) is 3. The maximum atomic E-state index is 12.6. The van der Waals surface area contributed by atoms with Gasteiger partial charge in [0.2, 0.25) is 11.8 Å². The van der Waals surface area contributed by atoms with Crippen molar-refractivity contribution in [3.63, 3.8) is 0 Å². The molecule has 1 aromatic carbocycles. The number of rotatable bonds is 8. The Morgan fingerprint density at radius 2 is 2.07 bits per heavy atom. The molecule has 0 aliphatic rings. The Morgan fingerprint density at radius 1 is 1.26 bits per heavy atom. The summed E-state index contributed by atoms with van der Waals surface area (Å²) < 4.78 is 5.71. The highest BCUT2D eigenvalue weighted by Gasteiger charge is 2.16. The van der Waals surface area contributed by atoms with Crippen LogP contribution < -0.4 is 0 Å². The summed E-state index contributed by atoms with van der Waals surface area (Å²) >= 11 is 3.24. The van der Waals surface area contributed by atoms with E-state index in [2.05, 4.69) is 10.2 Å². The summed E-state index contributed by atoms with van der Waals surface area (Å²) in [6.45, 7) is 2.97. The van der Waals surface area contributed by atoms with Crippen LogP contribution in [0.2, 0.25) is 0 Å². The van der Waals surface area contributed by atoms with Crippen LogP contribution in [0.4, 0.5) is 0 Å². The lowest BCUT2D eigenvalue weighted by molar-refractivity contribution is -0.126. The van der Waals surface area contributed by atoms with E-state index >= 15 is 0 Å². The van der Waals surface area contributed by atoms with Crippen molar-refractivity contribution in [3.8, 4) is 10.8 Å². The molecule has 3 aromatic rings. The maximum Gasteiger partial charge on any atom is 0.257 e. The molecule has 0 saturated carbocycles. The van der Waals surface area contributed by atoms with E-state index in [1.54, 1.807) is 34.1 Å². The van der Waals surface area contributed by atoms with Crippen LogP contribution in [0.25, 0.3) is 16.8 Å². The fraction of sp³-hybridized carbons (Fsp3) is 0.250. The average Bonchev–Trinajstić information content (AvgIpc) is 3.38. The molecule has 0 unspecified atom stereocenters. The fourth-order valence-electron chi connectivity index (χ4n) is 2.51. The second kappa shape index (κ2) is 9.53. The molecule has 2 aromatic heterocycles. The minimum Gasteiger partial charge on any atom is -0.418 e. The standard InChI is InChI=1S/C20H21N3O2S2/c1-3-12-23(14-18-21-22-20(25-18)17-5-4-13-27-17)19(24)11-8-15-6-9-16(26-2)10-7-15/h4-11,13H,3,12,14H2,1-2H3/b11-8+. The molecule has 140 valence electrons. The van der Waals surface area contributed by atoms with Crippen LogP contribution in [0, 0.1) is 0 Å². The molecule has 3 rings (SSSR count). The summed E-state index contributed by atoms with van der Waals surface area (Å²) in [5.41, 5.74) is 0.996. The van der Waals surface area contributed by atoms with E-state index in [-0.39, 0.29) is 5.91 Å². The number of carbonyl (C=O) groups excluding carboxylic acids is 1. The lowest BCUT2D eigenvalue weighted by Gasteiger charge is -2.18. The SMILES string of the molecule is CCCN(Cc1nnc(-c2cccs2)o1)C(=O)/C=C/c1ccc(SC)cc1. The van der Waals surface area contributed by atoms with Crippen molar-refractivity contribution in [2.45, 2.75) is 24.8 Å². The topological polar surface area (TPSA) is 59.2 Å². The Hall–Kier alpha value is -2.38. The van der Waals surface area contributed by atoms with Crippen LogP contribution in [0.15, 0.2) is 57.2 Å². The van der Waals surface area contributed by atoms with Crippen molar-refractivity contribution < 1.29 is 9.21 Å². The van der Waals surface area contributed by atoms with Gasteiger partial charge in [0.1, 0.15) is 0 Å². The highest BCUT2D eigenvalue weighted by molar-refractivity contribution is 7.98. The zero-order chi connectivity index (χ0) is 19.1. The Balaban J connectivity index is 1.66. The zero-order valence-corrected chi connectivity index (χ0v) is 16.9. The van der Waals surface area contributed by atoms with Gasteiger partial charge in [-0.05, 0) is 47.9 Å². The summed E-state index contributed by atoms with van der Waals surface area (Å²) in [4.78, 5) is 16.5. The quantitative estimate of drug-likeness (QED) is 0.395. The minimum absolute atomic E-state index is 0.0679. The van der Waals surface area contributed by atoms with Crippen molar-refractivity contribution in [1.82, 2.24) is 15.1 Å². The Morgan fingerprint density at radius 3 is 2.74 bits per heavy atom. The molecule has 0 spiro atoms. The van der Waals surface area contributed by atoms with E-state index in [9.17, 15) is 4.79 Å². The smallest absolute Gasteiger partial charge is 0.257 e. The van der Waals surface area contributed by atoms with Gasteiger partial charge in [-0.2, -0.15) is 0 Å². The third-order valence-corrected chi connectivity index (χ3v) is 5.47. The van der Waals surface area contributed by atoms with Crippen LogP contribution in [0.1, 0.15) is 24.8 Å². The first kappa shape index (κ1) is 19.4. The van der Waals surface area contributed by atoms with Crippen LogP contribution in [0.5, 0.6) is 0 Å².